The number of aromatic nitrogens is 2. The Morgan fingerprint density at radius 3 is 2.46 bits per heavy atom. The summed E-state index contributed by atoms with van der Waals surface area (Å²) in [5, 5.41) is 5.19. The number of hydrogen-bond donors (Lipinski definition) is 0. The van der Waals surface area contributed by atoms with Crippen LogP contribution in [0.25, 0.3) is 22.3 Å². The van der Waals surface area contributed by atoms with Gasteiger partial charge in [0.15, 0.2) is 5.82 Å². The number of aryl methyl sites for hydroxylation is 1. The minimum atomic E-state index is -0.239. The molecule has 0 radical (unpaired) electrons. The van der Waals surface area contributed by atoms with Crippen LogP contribution in [-0.2, 0) is 4.74 Å². The van der Waals surface area contributed by atoms with E-state index < -0.39 is 0 Å². The van der Waals surface area contributed by atoms with Gasteiger partial charge in [-0.05, 0) is 60.4 Å². The molecule has 1 aliphatic rings. The molecule has 0 atom stereocenters. The number of nitrogens with zero attached hydrogens (tertiary/aromatic N) is 4. The van der Waals surface area contributed by atoms with E-state index in [0.29, 0.717) is 35.7 Å². The predicted octanol–water partition coefficient (Wildman–Crippen LogP) is 5.23. The van der Waals surface area contributed by atoms with Gasteiger partial charge in [-0.1, -0.05) is 26.0 Å². The molecule has 1 saturated heterocycles. The Kier molecular flexibility index (Phi) is 7.65. The molecule has 3 aromatic carbocycles. The molecule has 39 heavy (non-hydrogen) atoms. The minimum absolute atomic E-state index is 0.220. The monoisotopic (exact) mass is 526 g/mol. The van der Waals surface area contributed by atoms with Gasteiger partial charge >= 0.3 is 0 Å². The number of para-hydroxylation sites is 1. The molecular formula is C31H34N4O4. The van der Waals surface area contributed by atoms with E-state index in [4.69, 9.17) is 19.2 Å². The van der Waals surface area contributed by atoms with Gasteiger partial charge in [-0.25, -0.2) is 4.98 Å². The van der Waals surface area contributed by atoms with Gasteiger partial charge in [0.1, 0.15) is 11.5 Å². The zero-order valence-electron chi connectivity index (χ0n) is 23.1. The normalized spacial score (nSPS) is 13.9. The van der Waals surface area contributed by atoms with Crippen LogP contribution in [0.3, 0.4) is 0 Å². The Balaban J connectivity index is 1.65. The highest BCUT2D eigenvalue weighted by Gasteiger charge is 2.19. The number of ether oxygens (including phenoxy) is 3. The van der Waals surface area contributed by atoms with E-state index in [-0.39, 0.29) is 11.5 Å². The average Bonchev–Trinajstić information content (AvgIpc) is 2.96. The number of fused-ring (bicyclic) bond motifs is 1. The standard InChI is InChI=1S/C31H34N4O4/c1-20(2)25-18-26(21(3)16-29(25)38-5)30-33-27-9-7-6-8-24(27)31(36)35(30)32-19-22-10-11-23(17-28(22)37-4)34-12-14-39-15-13-34/h6-11,16-20H,12-15H2,1-5H3. The van der Waals surface area contributed by atoms with E-state index >= 15 is 0 Å². The number of methoxy groups -OCH3 is 2. The number of morpholine rings is 1. The van der Waals surface area contributed by atoms with Crippen molar-refractivity contribution in [3.05, 3.63) is 81.6 Å². The van der Waals surface area contributed by atoms with Crippen LogP contribution in [0.1, 0.15) is 36.5 Å². The topological polar surface area (TPSA) is 78.2 Å². The molecular weight excluding hydrogens is 492 g/mol. The third kappa shape index (κ3) is 5.25. The van der Waals surface area contributed by atoms with Crippen molar-refractivity contribution in [1.29, 1.82) is 0 Å². The molecule has 2 heterocycles. The molecule has 0 saturated carbocycles. The van der Waals surface area contributed by atoms with E-state index in [2.05, 4.69) is 29.9 Å². The summed E-state index contributed by atoms with van der Waals surface area (Å²) in [7, 11) is 3.31. The van der Waals surface area contributed by atoms with Crippen molar-refractivity contribution >= 4 is 22.8 Å². The number of anilines is 1. The van der Waals surface area contributed by atoms with Crippen molar-refractivity contribution in [2.24, 2.45) is 5.10 Å². The summed E-state index contributed by atoms with van der Waals surface area (Å²) in [6.45, 7) is 9.29. The summed E-state index contributed by atoms with van der Waals surface area (Å²) >= 11 is 0. The molecule has 0 N–H and O–H groups in total. The maximum atomic E-state index is 13.7. The number of rotatable bonds is 7. The third-order valence-corrected chi connectivity index (χ3v) is 7.10. The molecule has 8 nitrogen and oxygen atoms in total. The quantitative estimate of drug-likeness (QED) is 0.307. The van der Waals surface area contributed by atoms with E-state index in [1.165, 1.54) is 4.68 Å². The second kappa shape index (κ2) is 11.3. The largest absolute Gasteiger partial charge is 0.496 e. The van der Waals surface area contributed by atoms with Crippen molar-refractivity contribution in [3.8, 4) is 22.9 Å². The van der Waals surface area contributed by atoms with Gasteiger partial charge in [0.05, 0.1) is 44.6 Å². The smallest absolute Gasteiger partial charge is 0.282 e. The summed E-state index contributed by atoms with van der Waals surface area (Å²) in [6, 6.07) is 17.4. The van der Waals surface area contributed by atoms with Crippen molar-refractivity contribution in [3.63, 3.8) is 0 Å². The van der Waals surface area contributed by atoms with E-state index in [9.17, 15) is 4.79 Å². The molecule has 0 bridgehead atoms. The Bertz CT molecular complexity index is 1590. The van der Waals surface area contributed by atoms with Crippen LogP contribution < -0.4 is 19.9 Å². The molecule has 0 amide bonds. The molecule has 0 unspecified atom stereocenters. The molecule has 5 rings (SSSR count). The number of benzene rings is 3. The third-order valence-electron chi connectivity index (χ3n) is 7.10. The summed E-state index contributed by atoms with van der Waals surface area (Å²) in [5.74, 6) is 2.18. The van der Waals surface area contributed by atoms with Gasteiger partial charge < -0.3 is 19.1 Å². The molecule has 1 aromatic heterocycles. The Morgan fingerprint density at radius 1 is 1.00 bits per heavy atom. The molecule has 4 aromatic rings. The van der Waals surface area contributed by atoms with Crippen LogP contribution in [0.5, 0.6) is 11.5 Å². The summed E-state index contributed by atoms with van der Waals surface area (Å²) in [6.07, 6.45) is 1.66. The lowest BCUT2D eigenvalue weighted by molar-refractivity contribution is 0.122. The first-order chi connectivity index (χ1) is 18.9. The van der Waals surface area contributed by atoms with Gasteiger partial charge in [-0.2, -0.15) is 9.78 Å². The Hall–Kier alpha value is -4.17. The van der Waals surface area contributed by atoms with Crippen LogP contribution in [0, 0.1) is 6.92 Å². The van der Waals surface area contributed by atoms with Crippen molar-refractivity contribution in [2.45, 2.75) is 26.7 Å². The highest BCUT2D eigenvalue weighted by atomic mass is 16.5. The van der Waals surface area contributed by atoms with E-state index in [1.807, 2.05) is 49.4 Å². The summed E-state index contributed by atoms with van der Waals surface area (Å²) in [5.41, 5.74) is 5.01. The molecule has 8 heteroatoms. The van der Waals surface area contributed by atoms with Crippen molar-refractivity contribution in [2.75, 3.05) is 45.4 Å². The fourth-order valence-corrected chi connectivity index (χ4v) is 4.92. The highest BCUT2D eigenvalue weighted by Crippen LogP contribution is 2.34. The second-order valence-electron chi connectivity index (χ2n) is 9.90. The Morgan fingerprint density at radius 2 is 1.74 bits per heavy atom. The maximum absolute atomic E-state index is 13.7. The van der Waals surface area contributed by atoms with Crippen molar-refractivity contribution < 1.29 is 14.2 Å². The van der Waals surface area contributed by atoms with Crippen LogP contribution in [0.4, 0.5) is 5.69 Å². The highest BCUT2D eigenvalue weighted by molar-refractivity contribution is 5.86. The fraction of sp³-hybridized carbons (Fsp3) is 0.323. The first-order valence-corrected chi connectivity index (χ1v) is 13.2. The summed E-state index contributed by atoms with van der Waals surface area (Å²) in [4.78, 5) is 20.9. The maximum Gasteiger partial charge on any atom is 0.282 e. The van der Waals surface area contributed by atoms with Gasteiger partial charge in [0.25, 0.3) is 5.56 Å². The Labute approximate surface area is 228 Å². The van der Waals surface area contributed by atoms with Gasteiger partial charge in [0.2, 0.25) is 0 Å². The zero-order valence-corrected chi connectivity index (χ0v) is 23.1. The lowest BCUT2D eigenvalue weighted by Crippen LogP contribution is -2.36. The second-order valence-corrected chi connectivity index (χ2v) is 9.90. The zero-order chi connectivity index (χ0) is 27.5. The van der Waals surface area contributed by atoms with Gasteiger partial charge in [0, 0.05) is 36.0 Å². The molecule has 0 aliphatic carbocycles. The SMILES string of the molecule is COc1cc(N2CCOCC2)ccc1C=Nn1c(-c2cc(C(C)C)c(OC)cc2C)nc2ccccc2c1=O. The van der Waals surface area contributed by atoms with Crippen LogP contribution >= 0.6 is 0 Å². The molecule has 0 spiro atoms. The van der Waals surface area contributed by atoms with Crippen molar-refractivity contribution in [1.82, 2.24) is 9.66 Å². The first kappa shape index (κ1) is 26.4. The average molecular weight is 527 g/mol. The first-order valence-electron chi connectivity index (χ1n) is 13.2. The van der Waals surface area contributed by atoms with Gasteiger partial charge in [-0.15, -0.1) is 0 Å². The fourth-order valence-electron chi connectivity index (χ4n) is 4.92. The van der Waals surface area contributed by atoms with Crippen LogP contribution in [0.15, 0.2) is 64.5 Å². The minimum Gasteiger partial charge on any atom is -0.496 e. The summed E-state index contributed by atoms with van der Waals surface area (Å²) < 4.78 is 18.2. The van der Waals surface area contributed by atoms with Crippen LogP contribution in [-0.4, -0.2) is 56.4 Å². The lowest BCUT2D eigenvalue weighted by Gasteiger charge is -2.29. The predicted molar refractivity (Wildman–Crippen MR) is 156 cm³/mol. The van der Waals surface area contributed by atoms with Crippen LogP contribution in [0.2, 0.25) is 0 Å². The molecule has 202 valence electrons. The van der Waals surface area contributed by atoms with E-state index in [1.54, 1.807) is 26.5 Å². The lowest BCUT2D eigenvalue weighted by atomic mass is 9.96. The van der Waals surface area contributed by atoms with E-state index in [0.717, 1.165) is 46.8 Å². The number of hydrogen-bond acceptors (Lipinski definition) is 7. The van der Waals surface area contributed by atoms with Gasteiger partial charge in [-0.3, -0.25) is 4.79 Å². The molecule has 1 fully saturated rings. The molecule has 1 aliphatic heterocycles.